The van der Waals surface area contributed by atoms with Crippen molar-refractivity contribution in [2.24, 2.45) is 22.7 Å². The molecule has 0 aromatic heterocycles. The van der Waals surface area contributed by atoms with Crippen molar-refractivity contribution in [1.82, 2.24) is 4.90 Å². The molecule has 1 aromatic carbocycles. The molecule has 2 saturated carbocycles. The summed E-state index contributed by atoms with van der Waals surface area (Å²) in [5, 5.41) is 12.3. The molecule has 258 valence electrons. The number of nitrogens with zero attached hydrogens (tertiary/aromatic N) is 1. The molecule has 0 unspecified atom stereocenters. The van der Waals surface area contributed by atoms with Gasteiger partial charge in [-0.25, -0.2) is 0 Å². The Labute approximate surface area is 278 Å². The molecule has 0 saturated heterocycles. The lowest BCUT2D eigenvalue weighted by molar-refractivity contribution is -0.194. The highest BCUT2D eigenvalue weighted by molar-refractivity contribution is 5.71. The summed E-state index contributed by atoms with van der Waals surface area (Å²) in [6.45, 7) is 16.1. The molecule has 2 bridgehead atoms. The van der Waals surface area contributed by atoms with Gasteiger partial charge in [0.05, 0.1) is 6.42 Å². The first-order chi connectivity index (χ1) is 21.9. The molecule has 0 amide bonds. The van der Waals surface area contributed by atoms with Gasteiger partial charge in [-0.3, -0.25) is 19.2 Å². The standard InChI is InChI=1S/C37H51NO9/c1-20-28(47-30(42)19-27(38(9)10)25-14-12-11-13-15-25)16-17-37(8)32(20)33(45-23(4)40)26-18-29(44-22(3)39)21(2)31(36(26,6)7)34(35(37)43)46-24(5)41/h11-15,26-29,32-35,43H,1,16-19H2,2-10H3/t26-,27+,28-,29-,32-,33+,34+,35-,37+/m0/s1. The number of carbonyl (C=O) groups excluding carboxylic acids is 4. The third-order valence-corrected chi connectivity index (χ3v) is 10.8. The molecule has 3 aliphatic rings. The SMILES string of the molecule is C=C1[C@@H](OC(=O)C[C@H](c2ccccc2)N(C)C)CC[C@@]2(C)[C@@H](O)[C@H](OC(C)=O)C3=C(C)[C@@H](OC(C)=O)C[C@@H]([C@@H](OC(C)=O)[C@H]12)C3(C)C. The Morgan fingerprint density at radius 3 is 2.09 bits per heavy atom. The summed E-state index contributed by atoms with van der Waals surface area (Å²) in [6, 6.07) is 9.53. The van der Waals surface area contributed by atoms with Gasteiger partial charge in [0.2, 0.25) is 0 Å². The first kappa shape index (κ1) is 36.3. The first-order valence-corrected chi connectivity index (χ1v) is 16.4. The predicted molar refractivity (Wildman–Crippen MR) is 175 cm³/mol. The molecule has 9 atom stereocenters. The van der Waals surface area contributed by atoms with Crippen LogP contribution in [0.25, 0.3) is 0 Å². The Hall–Kier alpha value is -3.50. The van der Waals surface area contributed by atoms with Gasteiger partial charge in [0.1, 0.15) is 24.4 Å². The lowest BCUT2D eigenvalue weighted by Gasteiger charge is -2.59. The Morgan fingerprint density at radius 1 is 0.936 bits per heavy atom. The van der Waals surface area contributed by atoms with Crippen LogP contribution in [0.1, 0.15) is 85.8 Å². The van der Waals surface area contributed by atoms with Gasteiger partial charge < -0.3 is 29.0 Å². The molecular weight excluding hydrogens is 602 g/mol. The molecular formula is C37H51NO9. The second-order valence-electron chi connectivity index (χ2n) is 14.5. The molecule has 1 N–H and O–H groups in total. The summed E-state index contributed by atoms with van der Waals surface area (Å²) in [7, 11) is 3.82. The molecule has 47 heavy (non-hydrogen) atoms. The minimum Gasteiger partial charge on any atom is -0.462 e. The quantitative estimate of drug-likeness (QED) is 0.230. The number of aliphatic hydroxyl groups excluding tert-OH is 1. The predicted octanol–water partition coefficient (Wildman–Crippen LogP) is 5.10. The Morgan fingerprint density at radius 2 is 1.53 bits per heavy atom. The number of esters is 4. The molecule has 1 aromatic rings. The van der Waals surface area contributed by atoms with E-state index in [9.17, 15) is 24.3 Å². The van der Waals surface area contributed by atoms with E-state index in [4.69, 9.17) is 18.9 Å². The topological polar surface area (TPSA) is 129 Å². The highest BCUT2D eigenvalue weighted by Gasteiger charge is 2.63. The van der Waals surface area contributed by atoms with E-state index in [0.29, 0.717) is 36.0 Å². The van der Waals surface area contributed by atoms with Crippen LogP contribution in [0.5, 0.6) is 0 Å². The van der Waals surface area contributed by atoms with Crippen LogP contribution in [0.2, 0.25) is 0 Å². The fourth-order valence-electron chi connectivity index (χ4n) is 8.53. The Kier molecular flexibility index (Phi) is 10.8. The number of benzene rings is 1. The van der Waals surface area contributed by atoms with Crippen molar-refractivity contribution >= 4 is 23.9 Å². The molecule has 0 aliphatic heterocycles. The lowest BCUT2D eigenvalue weighted by Crippen LogP contribution is -2.63. The van der Waals surface area contributed by atoms with E-state index in [2.05, 4.69) is 6.58 Å². The molecule has 10 heteroatoms. The minimum atomic E-state index is -1.25. The lowest BCUT2D eigenvalue weighted by atomic mass is 9.49. The molecule has 10 nitrogen and oxygen atoms in total. The van der Waals surface area contributed by atoms with Gasteiger partial charge in [0, 0.05) is 44.1 Å². The molecule has 0 spiro atoms. The normalized spacial score (nSPS) is 32.3. The smallest absolute Gasteiger partial charge is 0.308 e. The van der Waals surface area contributed by atoms with Crippen LogP contribution in [0.4, 0.5) is 0 Å². The Balaban J connectivity index is 1.79. The zero-order valence-electron chi connectivity index (χ0n) is 29.2. The van der Waals surface area contributed by atoms with E-state index in [1.807, 2.05) is 77.0 Å². The number of ether oxygens (including phenoxy) is 4. The van der Waals surface area contributed by atoms with E-state index < -0.39 is 77.1 Å². The number of carbonyl (C=O) groups is 4. The highest BCUT2D eigenvalue weighted by atomic mass is 16.6. The summed E-state index contributed by atoms with van der Waals surface area (Å²) in [4.78, 5) is 53.1. The Bertz CT molecular complexity index is 1420. The zero-order valence-corrected chi connectivity index (χ0v) is 29.2. The summed E-state index contributed by atoms with van der Waals surface area (Å²) in [5.74, 6) is -3.09. The van der Waals surface area contributed by atoms with Crippen LogP contribution >= 0.6 is 0 Å². The zero-order chi connectivity index (χ0) is 35.0. The number of rotatable bonds is 8. The van der Waals surface area contributed by atoms with E-state index in [1.165, 1.54) is 20.8 Å². The average Bonchev–Trinajstić information content (AvgIpc) is 2.96. The number of aliphatic hydroxyl groups is 1. The highest BCUT2D eigenvalue weighted by Crippen LogP contribution is 2.60. The molecule has 0 radical (unpaired) electrons. The summed E-state index contributed by atoms with van der Waals surface area (Å²) < 4.78 is 24.0. The molecule has 0 heterocycles. The maximum absolute atomic E-state index is 13.5. The molecule has 3 aliphatic carbocycles. The van der Waals surface area contributed by atoms with Gasteiger partial charge in [-0.05, 0) is 68.0 Å². The van der Waals surface area contributed by atoms with E-state index in [1.54, 1.807) is 0 Å². The first-order valence-electron chi connectivity index (χ1n) is 16.4. The van der Waals surface area contributed by atoms with E-state index >= 15 is 0 Å². The van der Waals surface area contributed by atoms with Crippen molar-refractivity contribution in [3.8, 4) is 0 Å². The summed E-state index contributed by atoms with van der Waals surface area (Å²) >= 11 is 0. The van der Waals surface area contributed by atoms with Crippen molar-refractivity contribution in [3.63, 3.8) is 0 Å². The molecule has 4 rings (SSSR count). The fourth-order valence-corrected chi connectivity index (χ4v) is 8.53. The second-order valence-corrected chi connectivity index (χ2v) is 14.5. The van der Waals surface area contributed by atoms with Crippen molar-refractivity contribution in [3.05, 3.63) is 59.2 Å². The van der Waals surface area contributed by atoms with Crippen LogP contribution < -0.4 is 0 Å². The maximum Gasteiger partial charge on any atom is 0.308 e. The third kappa shape index (κ3) is 7.18. The van der Waals surface area contributed by atoms with Gasteiger partial charge in [-0.1, -0.05) is 57.7 Å². The summed E-state index contributed by atoms with van der Waals surface area (Å²) in [6.07, 6.45) is -3.36. The van der Waals surface area contributed by atoms with Crippen molar-refractivity contribution < 1.29 is 43.2 Å². The monoisotopic (exact) mass is 653 g/mol. The summed E-state index contributed by atoms with van der Waals surface area (Å²) in [5.41, 5.74) is 1.09. The fraction of sp³-hybridized carbons (Fsp3) is 0.622. The second kappa shape index (κ2) is 13.9. The van der Waals surface area contributed by atoms with Gasteiger partial charge in [0.25, 0.3) is 0 Å². The van der Waals surface area contributed by atoms with Crippen molar-refractivity contribution in [2.45, 2.75) is 111 Å². The van der Waals surface area contributed by atoms with Crippen LogP contribution in [0, 0.1) is 22.7 Å². The van der Waals surface area contributed by atoms with Crippen molar-refractivity contribution in [2.75, 3.05) is 14.1 Å². The van der Waals surface area contributed by atoms with Gasteiger partial charge in [-0.15, -0.1) is 0 Å². The van der Waals surface area contributed by atoms with Gasteiger partial charge >= 0.3 is 23.9 Å². The largest absolute Gasteiger partial charge is 0.462 e. The number of fused-ring (bicyclic) bond motifs is 3. The maximum atomic E-state index is 13.5. The van der Waals surface area contributed by atoms with E-state index in [-0.39, 0.29) is 12.5 Å². The molecule has 2 fully saturated rings. The van der Waals surface area contributed by atoms with Crippen LogP contribution in [0.15, 0.2) is 53.6 Å². The van der Waals surface area contributed by atoms with Crippen LogP contribution in [-0.4, -0.2) is 78.5 Å². The number of hydrogen-bond donors (Lipinski definition) is 1. The van der Waals surface area contributed by atoms with E-state index in [0.717, 1.165) is 5.56 Å². The van der Waals surface area contributed by atoms with Crippen molar-refractivity contribution in [1.29, 1.82) is 0 Å². The van der Waals surface area contributed by atoms with Gasteiger partial charge in [0.15, 0.2) is 6.10 Å². The van der Waals surface area contributed by atoms with Crippen LogP contribution in [-0.2, 0) is 38.1 Å². The minimum absolute atomic E-state index is 0.112. The number of hydrogen-bond acceptors (Lipinski definition) is 10. The third-order valence-electron chi connectivity index (χ3n) is 10.8. The van der Waals surface area contributed by atoms with Gasteiger partial charge in [-0.2, -0.15) is 0 Å². The average molecular weight is 654 g/mol. The van der Waals surface area contributed by atoms with Crippen LogP contribution in [0.3, 0.4) is 0 Å².